The summed E-state index contributed by atoms with van der Waals surface area (Å²) >= 11 is 11.3. The van der Waals surface area contributed by atoms with E-state index in [2.05, 4.69) is 10.9 Å². The Morgan fingerprint density at radius 1 is 1.60 bits per heavy atom. The van der Waals surface area contributed by atoms with E-state index >= 15 is 0 Å². The van der Waals surface area contributed by atoms with Gasteiger partial charge in [0.05, 0.1) is 0 Å². The van der Waals surface area contributed by atoms with Crippen LogP contribution in [0.5, 0.6) is 0 Å². The van der Waals surface area contributed by atoms with Crippen molar-refractivity contribution in [3.8, 4) is 12.3 Å². The van der Waals surface area contributed by atoms with Gasteiger partial charge in [-0.2, -0.15) is 0 Å². The number of nitrogens with zero attached hydrogens (tertiary/aromatic N) is 2. The van der Waals surface area contributed by atoms with Gasteiger partial charge in [0, 0.05) is 7.05 Å². The van der Waals surface area contributed by atoms with Crippen molar-refractivity contribution in [2.45, 2.75) is 0 Å². The lowest BCUT2D eigenvalue weighted by molar-refractivity contribution is 0.915. The van der Waals surface area contributed by atoms with Crippen molar-refractivity contribution in [3.63, 3.8) is 0 Å². The molecule has 1 heterocycles. The molecule has 1 rings (SSSR count). The predicted octanol–water partition coefficient (Wildman–Crippen LogP) is 1.71. The van der Waals surface area contributed by atoms with Crippen LogP contribution in [0, 0.1) is 12.3 Å². The van der Waals surface area contributed by atoms with Gasteiger partial charge in [0.1, 0.15) is 5.15 Å². The second-order valence-corrected chi connectivity index (χ2v) is 2.42. The Kier molecular flexibility index (Phi) is 1.89. The maximum atomic E-state index is 5.69. The fourth-order valence-electron chi connectivity index (χ4n) is 0.545. The van der Waals surface area contributed by atoms with Gasteiger partial charge in [-0.15, -0.1) is 6.42 Å². The van der Waals surface area contributed by atoms with E-state index in [0.717, 1.165) is 0 Å². The first-order valence-corrected chi connectivity index (χ1v) is 3.26. The number of halogens is 2. The minimum Gasteiger partial charge on any atom is -0.308 e. The minimum absolute atomic E-state index is 0.304. The summed E-state index contributed by atoms with van der Waals surface area (Å²) in [5, 5.41) is 0.699. The third-order valence-corrected chi connectivity index (χ3v) is 1.88. The fraction of sp³-hybridized carbons (Fsp3) is 0.167. The van der Waals surface area contributed by atoms with Crippen molar-refractivity contribution >= 4 is 23.2 Å². The van der Waals surface area contributed by atoms with E-state index < -0.39 is 0 Å². The van der Waals surface area contributed by atoms with Crippen LogP contribution < -0.4 is 0 Å². The van der Waals surface area contributed by atoms with Gasteiger partial charge in [0.15, 0.2) is 5.69 Å². The molecule has 0 saturated heterocycles. The monoisotopic (exact) mass is 174 g/mol. The maximum absolute atomic E-state index is 5.69. The Bertz CT molecular complexity index is 295. The van der Waals surface area contributed by atoms with E-state index in [1.165, 1.54) is 4.57 Å². The highest BCUT2D eigenvalue weighted by atomic mass is 35.5. The number of terminal acetylenes is 1. The Labute approximate surface area is 68.8 Å². The molecule has 0 unspecified atom stereocenters. The van der Waals surface area contributed by atoms with Crippen LogP contribution in [0.3, 0.4) is 0 Å². The highest BCUT2D eigenvalue weighted by Gasteiger charge is 2.07. The highest BCUT2D eigenvalue weighted by molar-refractivity contribution is 6.33. The van der Waals surface area contributed by atoms with E-state index in [0.29, 0.717) is 16.1 Å². The zero-order valence-electron chi connectivity index (χ0n) is 5.23. The van der Waals surface area contributed by atoms with Gasteiger partial charge < -0.3 is 4.57 Å². The predicted molar refractivity (Wildman–Crippen MR) is 41.2 cm³/mol. The van der Waals surface area contributed by atoms with E-state index in [-0.39, 0.29) is 0 Å². The van der Waals surface area contributed by atoms with Crippen molar-refractivity contribution in [2.24, 2.45) is 7.05 Å². The summed E-state index contributed by atoms with van der Waals surface area (Å²) in [6.45, 7) is 0. The zero-order chi connectivity index (χ0) is 7.72. The van der Waals surface area contributed by atoms with Crippen LogP contribution in [0.25, 0.3) is 0 Å². The molecule has 0 amide bonds. The molecule has 0 N–H and O–H groups in total. The third-order valence-electron chi connectivity index (χ3n) is 1.11. The van der Waals surface area contributed by atoms with Crippen molar-refractivity contribution in [2.75, 3.05) is 0 Å². The summed E-state index contributed by atoms with van der Waals surface area (Å²) < 4.78 is 1.51. The molecule has 0 aliphatic carbocycles. The van der Waals surface area contributed by atoms with Crippen molar-refractivity contribution in [1.29, 1.82) is 0 Å². The quantitative estimate of drug-likeness (QED) is 0.548. The Morgan fingerprint density at radius 2 is 2.20 bits per heavy atom. The number of rotatable bonds is 0. The molecule has 1 aromatic rings. The maximum Gasteiger partial charge on any atom is 0.204 e. The number of hydrogen-bond donors (Lipinski definition) is 0. The van der Waals surface area contributed by atoms with E-state index in [1.54, 1.807) is 7.05 Å². The van der Waals surface area contributed by atoms with E-state index in [9.17, 15) is 0 Å². The molecule has 52 valence electrons. The molecule has 0 aromatic carbocycles. The lowest BCUT2D eigenvalue weighted by Gasteiger charge is -1.90. The topological polar surface area (TPSA) is 17.8 Å². The lowest BCUT2D eigenvalue weighted by Crippen LogP contribution is -1.85. The van der Waals surface area contributed by atoms with Crippen molar-refractivity contribution < 1.29 is 0 Å². The fourth-order valence-corrected chi connectivity index (χ4v) is 0.934. The molecule has 0 spiro atoms. The van der Waals surface area contributed by atoms with E-state index in [1.807, 2.05) is 0 Å². The Balaban J connectivity index is 3.34. The van der Waals surface area contributed by atoms with Gasteiger partial charge in [-0.05, 0) is 17.5 Å². The van der Waals surface area contributed by atoms with Crippen LogP contribution in [0.15, 0.2) is 0 Å². The average molecular weight is 175 g/mol. The van der Waals surface area contributed by atoms with Gasteiger partial charge in [-0.25, -0.2) is 4.98 Å². The number of imidazole rings is 1. The molecule has 0 radical (unpaired) electrons. The summed E-state index contributed by atoms with van der Waals surface area (Å²) in [6.07, 6.45) is 5.06. The number of aromatic nitrogens is 2. The molecule has 0 saturated carbocycles. The summed E-state index contributed by atoms with van der Waals surface area (Å²) in [5.74, 6) is 2.31. The smallest absolute Gasteiger partial charge is 0.204 e. The van der Waals surface area contributed by atoms with Crippen LogP contribution in [-0.4, -0.2) is 9.55 Å². The molecule has 0 bridgehead atoms. The van der Waals surface area contributed by atoms with Crippen molar-refractivity contribution in [1.82, 2.24) is 9.55 Å². The van der Waals surface area contributed by atoms with Crippen LogP contribution >= 0.6 is 23.2 Å². The summed E-state index contributed by atoms with van der Waals surface area (Å²) in [7, 11) is 1.69. The molecule has 0 fully saturated rings. The lowest BCUT2D eigenvalue weighted by atomic mass is 10.5. The average Bonchev–Trinajstić information content (AvgIpc) is 2.17. The molecular formula is C6H4Cl2N2. The molecule has 4 heteroatoms. The summed E-state index contributed by atoms with van der Waals surface area (Å²) in [4.78, 5) is 3.79. The summed E-state index contributed by atoms with van der Waals surface area (Å²) in [5.41, 5.74) is 0.383. The number of hydrogen-bond acceptors (Lipinski definition) is 1. The Hall–Kier alpha value is -0.650. The minimum atomic E-state index is 0.304. The Morgan fingerprint density at radius 3 is 2.40 bits per heavy atom. The van der Waals surface area contributed by atoms with Gasteiger partial charge >= 0.3 is 0 Å². The molecule has 1 aromatic heterocycles. The second kappa shape index (κ2) is 2.53. The summed E-state index contributed by atoms with van der Waals surface area (Å²) in [6, 6.07) is 0. The van der Waals surface area contributed by atoms with Crippen LogP contribution in [0.1, 0.15) is 5.69 Å². The first kappa shape index (κ1) is 7.46. The van der Waals surface area contributed by atoms with Crippen LogP contribution in [-0.2, 0) is 7.05 Å². The van der Waals surface area contributed by atoms with E-state index in [4.69, 9.17) is 29.6 Å². The molecular weight excluding hydrogens is 171 g/mol. The standard InChI is InChI=1S/C6H4Cl2N2/c1-3-4-5(7)10(2)6(8)9-4/h1H,2H3. The SMILES string of the molecule is C#Cc1nc(Cl)n(C)c1Cl. The normalized spacial score (nSPS) is 9.40. The molecule has 0 aliphatic heterocycles. The first-order valence-electron chi connectivity index (χ1n) is 2.51. The van der Waals surface area contributed by atoms with Gasteiger partial charge in [0.25, 0.3) is 0 Å². The second-order valence-electron chi connectivity index (χ2n) is 1.72. The molecule has 0 aliphatic rings. The highest BCUT2D eigenvalue weighted by Crippen LogP contribution is 2.18. The van der Waals surface area contributed by atoms with Crippen LogP contribution in [0.4, 0.5) is 0 Å². The van der Waals surface area contributed by atoms with Gasteiger partial charge in [-0.1, -0.05) is 11.6 Å². The largest absolute Gasteiger partial charge is 0.308 e. The van der Waals surface area contributed by atoms with Gasteiger partial charge in [-0.3, -0.25) is 0 Å². The molecule has 0 atom stereocenters. The van der Waals surface area contributed by atoms with Crippen molar-refractivity contribution in [3.05, 3.63) is 16.1 Å². The van der Waals surface area contributed by atoms with Gasteiger partial charge in [0.2, 0.25) is 5.28 Å². The third kappa shape index (κ3) is 0.985. The molecule has 10 heavy (non-hydrogen) atoms. The zero-order valence-corrected chi connectivity index (χ0v) is 6.74. The van der Waals surface area contributed by atoms with Crippen LogP contribution in [0.2, 0.25) is 10.4 Å². The first-order chi connectivity index (χ1) is 4.66. The molecule has 2 nitrogen and oxygen atoms in total.